The van der Waals surface area contributed by atoms with Crippen molar-refractivity contribution in [1.82, 2.24) is 16.2 Å². The summed E-state index contributed by atoms with van der Waals surface area (Å²) in [5, 5.41) is 2.57. The summed E-state index contributed by atoms with van der Waals surface area (Å²) in [4.78, 5) is 10.7. The largest absolute Gasteiger partial charge is 0.324 e. The molecule has 1 rings (SSSR count). The number of nitrogens with one attached hydrogen (secondary N) is 3. The Morgan fingerprint density at radius 2 is 2.45 bits per heavy atom. The molecule has 0 atom stereocenters. The van der Waals surface area contributed by atoms with E-state index in [1.54, 1.807) is 18.5 Å². The summed E-state index contributed by atoms with van der Waals surface area (Å²) in [6, 6.07) is 0. The number of rotatable bonds is 2. The van der Waals surface area contributed by atoms with Crippen molar-refractivity contribution in [1.29, 1.82) is 0 Å². The van der Waals surface area contributed by atoms with Crippen LogP contribution in [-0.2, 0) is 4.79 Å². The van der Waals surface area contributed by atoms with Crippen molar-refractivity contribution >= 4 is 17.5 Å². The third kappa shape index (κ3) is 2.51. The van der Waals surface area contributed by atoms with Gasteiger partial charge in [-0.1, -0.05) is 0 Å². The zero-order chi connectivity index (χ0) is 8.10. The molecule has 1 heterocycles. The molecule has 0 saturated heterocycles. The molecule has 0 bridgehead atoms. The van der Waals surface area contributed by atoms with Crippen molar-refractivity contribution in [3.05, 3.63) is 24.2 Å². The molecule has 0 aromatic heterocycles. The number of hydrogen-bond acceptors (Lipinski definition) is 3. The summed E-state index contributed by atoms with van der Waals surface area (Å²) in [7, 11) is 0. The van der Waals surface area contributed by atoms with E-state index in [9.17, 15) is 4.79 Å². The molecule has 0 radical (unpaired) electrons. The van der Waals surface area contributed by atoms with Crippen LogP contribution in [0.1, 0.15) is 0 Å². The fraction of sp³-hybridized carbons (Fsp3) is 0.167. The van der Waals surface area contributed by atoms with E-state index in [0.717, 1.165) is 0 Å². The topological polar surface area (TPSA) is 53.2 Å². The second-order valence-electron chi connectivity index (χ2n) is 1.90. The predicted molar refractivity (Wildman–Crippen MR) is 42.4 cm³/mol. The van der Waals surface area contributed by atoms with E-state index >= 15 is 0 Å². The SMILES string of the molecule is O=C(CCl)NC1=CNNC=C1. The highest BCUT2D eigenvalue weighted by Gasteiger charge is 2.00. The number of halogens is 1. The lowest BCUT2D eigenvalue weighted by Crippen LogP contribution is -2.30. The number of hydrogen-bond donors (Lipinski definition) is 3. The normalized spacial score (nSPS) is 14.5. The third-order valence-corrected chi connectivity index (χ3v) is 1.31. The van der Waals surface area contributed by atoms with Gasteiger partial charge in [-0.15, -0.1) is 11.6 Å². The first-order chi connectivity index (χ1) is 5.33. The van der Waals surface area contributed by atoms with E-state index in [1.165, 1.54) is 0 Å². The molecule has 0 unspecified atom stereocenters. The molecule has 0 aliphatic carbocycles. The van der Waals surface area contributed by atoms with Gasteiger partial charge in [-0.2, -0.15) is 0 Å². The monoisotopic (exact) mass is 173 g/mol. The maximum Gasteiger partial charge on any atom is 0.239 e. The number of allylic oxidation sites excluding steroid dienone is 1. The zero-order valence-corrected chi connectivity index (χ0v) is 6.48. The highest BCUT2D eigenvalue weighted by atomic mass is 35.5. The average molecular weight is 174 g/mol. The molecule has 0 spiro atoms. The van der Waals surface area contributed by atoms with Crippen molar-refractivity contribution in [2.24, 2.45) is 0 Å². The second-order valence-corrected chi connectivity index (χ2v) is 2.17. The van der Waals surface area contributed by atoms with Crippen molar-refractivity contribution in [3.63, 3.8) is 0 Å². The van der Waals surface area contributed by atoms with Gasteiger partial charge in [0.15, 0.2) is 0 Å². The molecule has 11 heavy (non-hydrogen) atoms. The van der Waals surface area contributed by atoms with E-state index in [4.69, 9.17) is 11.6 Å². The Morgan fingerprint density at radius 3 is 3.00 bits per heavy atom. The summed E-state index contributed by atoms with van der Waals surface area (Å²) in [6.45, 7) is 0. The minimum atomic E-state index is -0.216. The average Bonchev–Trinajstić information content (AvgIpc) is 2.06. The van der Waals surface area contributed by atoms with Gasteiger partial charge >= 0.3 is 0 Å². The first-order valence-electron chi connectivity index (χ1n) is 3.06. The first kappa shape index (κ1) is 7.94. The van der Waals surface area contributed by atoms with E-state index in [2.05, 4.69) is 16.2 Å². The molecular weight excluding hydrogens is 166 g/mol. The molecule has 0 fully saturated rings. The number of hydrazine groups is 1. The van der Waals surface area contributed by atoms with E-state index in [1.807, 2.05) is 0 Å². The fourth-order valence-corrected chi connectivity index (χ4v) is 0.686. The van der Waals surface area contributed by atoms with Gasteiger partial charge in [0.1, 0.15) is 5.88 Å². The van der Waals surface area contributed by atoms with E-state index in [-0.39, 0.29) is 11.8 Å². The quantitative estimate of drug-likeness (QED) is 0.508. The summed E-state index contributed by atoms with van der Waals surface area (Å²) in [6.07, 6.45) is 5.02. The zero-order valence-electron chi connectivity index (χ0n) is 5.73. The smallest absolute Gasteiger partial charge is 0.239 e. The van der Waals surface area contributed by atoms with Crippen LogP contribution in [0, 0.1) is 0 Å². The number of amides is 1. The minimum Gasteiger partial charge on any atom is -0.324 e. The van der Waals surface area contributed by atoms with Gasteiger partial charge in [0.2, 0.25) is 5.91 Å². The summed E-state index contributed by atoms with van der Waals surface area (Å²) >= 11 is 5.27. The van der Waals surface area contributed by atoms with E-state index < -0.39 is 0 Å². The summed E-state index contributed by atoms with van der Waals surface area (Å²) in [5.41, 5.74) is 6.11. The molecule has 4 nitrogen and oxygen atoms in total. The van der Waals surface area contributed by atoms with Crippen molar-refractivity contribution < 1.29 is 4.79 Å². The Hall–Kier alpha value is -1.16. The number of carbonyl (C=O) groups excluding carboxylic acids is 1. The lowest BCUT2D eigenvalue weighted by Gasteiger charge is -2.09. The fourth-order valence-electron chi connectivity index (χ4n) is 0.619. The lowest BCUT2D eigenvalue weighted by molar-refractivity contribution is -0.117. The van der Waals surface area contributed by atoms with Gasteiger partial charge in [-0.25, -0.2) is 0 Å². The van der Waals surface area contributed by atoms with Crippen LogP contribution in [-0.4, -0.2) is 11.8 Å². The lowest BCUT2D eigenvalue weighted by atomic mass is 10.4. The Kier molecular flexibility index (Phi) is 2.80. The molecule has 60 valence electrons. The molecule has 1 aliphatic rings. The number of alkyl halides is 1. The first-order valence-corrected chi connectivity index (χ1v) is 3.60. The van der Waals surface area contributed by atoms with Gasteiger partial charge < -0.3 is 16.2 Å². The van der Waals surface area contributed by atoms with Gasteiger partial charge in [0.25, 0.3) is 0 Å². The van der Waals surface area contributed by atoms with Gasteiger partial charge in [0.05, 0.1) is 5.70 Å². The molecule has 0 aromatic carbocycles. The predicted octanol–water partition coefficient (Wildman–Crippen LogP) is -0.196. The van der Waals surface area contributed by atoms with Crippen LogP contribution in [0.3, 0.4) is 0 Å². The summed E-state index contributed by atoms with van der Waals surface area (Å²) < 4.78 is 0. The highest BCUT2D eigenvalue weighted by Crippen LogP contribution is 1.92. The molecule has 1 aliphatic heterocycles. The Bertz CT molecular complexity index is 212. The Balaban J connectivity index is 2.42. The van der Waals surface area contributed by atoms with Crippen LogP contribution in [0.2, 0.25) is 0 Å². The van der Waals surface area contributed by atoms with Crippen LogP contribution in [0.15, 0.2) is 24.2 Å². The van der Waals surface area contributed by atoms with Crippen LogP contribution < -0.4 is 16.2 Å². The van der Waals surface area contributed by atoms with Crippen LogP contribution in [0.25, 0.3) is 0 Å². The van der Waals surface area contributed by atoms with Crippen LogP contribution in [0.4, 0.5) is 0 Å². The Labute approximate surface area is 69.3 Å². The highest BCUT2D eigenvalue weighted by molar-refractivity contribution is 6.27. The molecule has 5 heteroatoms. The van der Waals surface area contributed by atoms with Crippen LogP contribution in [0.5, 0.6) is 0 Å². The Morgan fingerprint density at radius 1 is 1.64 bits per heavy atom. The standard InChI is InChI=1S/C6H8ClN3O/c7-3-6(11)10-5-1-2-8-9-4-5/h1-2,4,8-9H,3H2,(H,10,11). The molecule has 3 N–H and O–H groups in total. The van der Waals surface area contributed by atoms with Crippen molar-refractivity contribution in [2.45, 2.75) is 0 Å². The van der Waals surface area contributed by atoms with Gasteiger partial charge in [-0.3, -0.25) is 4.79 Å². The number of carbonyl (C=O) groups is 1. The molecule has 0 saturated carbocycles. The molecule has 1 amide bonds. The van der Waals surface area contributed by atoms with E-state index in [0.29, 0.717) is 5.70 Å². The molecule has 0 aromatic rings. The van der Waals surface area contributed by atoms with Crippen molar-refractivity contribution in [2.75, 3.05) is 5.88 Å². The third-order valence-electron chi connectivity index (χ3n) is 1.06. The summed E-state index contributed by atoms with van der Waals surface area (Å²) in [5.74, 6) is -0.246. The van der Waals surface area contributed by atoms with Gasteiger partial charge in [0, 0.05) is 12.4 Å². The van der Waals surface area contributed by atoms with Gasteiger partial charge in [-0.05, 0) is 6.08 Å². The maximum atomic E-state index is 10.7. The maximum absolute atomic E-state index is 10.7. The van der Waals surface area contributed by atoms with Crippen LogP contribution >= 0.6 is 11.6 Å². The van der Waals surface area contributed by atoms with Crippen molar-refractivity contribution in [3.8, 4) is 0 Å². The molecular formula is C6H8ClN3O. The second kappa shape index (κ2) is 3.88. The minimum absolute atomic E-state index is 0.0292.